The Morgan fingerprint density at radius 3 is 1.56 bits per heavy atom. The maximum atomic E-state index is 14.4. The van der Waals surface area contributed by atoms with E-state index >= 15 is 0 Å². The molecule has 0 spiro atoms. The molecule has 5 heterocycles. The van der Waals surface area contributed by atoms with Gasteiger partial charge in [0.2, 0.25) is 5.79 Å². The van der Waals surface area contributed by atoms with Crippen LogP contribution in [0, 0.1) is 0 Å². The van der Waals surface area contributed by atoms with Crippen LogP contribution < -0.4 is 4.74 Å². The molecule has 14 N–H and O–H groups in total. The van der Waals surface area contributed by atoms with E-state index in [1.165, 1.54) is 86.0 Å². The molecule has 34 nitrogen and oxygen atoms in total. The van der Waals surface area contributed by atoms with Gasteiger partial charge in [0, 0.05) is 26.0 Å². The number of methoxy groups -OCH3 is 1. The molecule has 0 unspecified atom stereocenters. The fraction of sp³-hybridized carbons (Fsp3) is 0.550. The zero-order valence-electron chi connectivity index (χ0n) is 50.2. The molecule has 0 bridgehead atoms. The zero-order valence-corrected chi connectivity index (χ0v) is 50.2. The van der Waals surface area contributed by atoms with Gasteiger partial charge in [-0.2, -0.15) is 0 Å². The lowest BCUT2D eigenvalue weighted by Gasteiger charge is -2.51. The molecule has 518 valence electrons. The van der Waals surface area contributed by atoms with Crippen LogP contribution in [0.4, 0.5) is 0 Å². The largest absolute Gasteiger partial charge is 0.508 e. The highest BCUT2D eigenvalue weighted by Gasteiger charge is 2.64. The van der Waals surface area contributed by atoms with Crippen molar-refractivity contribution >= 4 is 42.0 Å². The van der Waals surface area contributed by atoms with Crippen LogP contribution in [0.3, 0.4) is 0 Å². The number of carbonyl (C=O) groups is 5. The third kappa shape index (κ3) is 17.4. The minimum absolute atomic E-state index is 0.0365. The second-order valence-electron chi connectivity index (χ2n) is 22.0. The number of phenolic OH excluding ortho intramolecular Hbond substituents is 2. The number of aliphatic hydroxyl groups excluding tert-OH is 12. The molecular formula is C60H74O34. The Labute approximate surface area is 533 Å². The predicted octanol–water partition coefficient (Wildman–Crippen LogP) is -4.97. The first-order valence-corrected chi connectivity index (χ1v) is 29.1. The average molecular weight is 1340 g/mol. The van der Waals surface area contributed by atoms with Crippen LogP contribution in [-0.4, -0.2) is 295 Å². The van der Waals surface area contributed by atoms with Crippen LogP contribution in [0.15, 0.2) is 84.9 Å². The maximum Gasteiger partial charge on any atom is 0.338 e. The number of hydrogen-bond donors (Lipinski definition) is 14. The Bertz CT molecular complexity index is 3060. The molecule has 5 saturated heterocycles. The molecule has 8 rings (SSSR count). The van der Waals surface area contributed by atoms with Crippen molar-refractivity contribution in [3.8, 4) is 17.2 Å². The molecule has 5 fully saturated rings. The van der Waals surface area contributed by atoms with Crippen LogP contribution in [0.1, 0.15) is 35.3 Å². The molecule has 0 saturated carbocycles. The predicted molar refractivity (Wildman–Crippen MR) is 304 cm³/mol. The molecule has 0 aromatic heterocycles. The number of carbonyl (C=O) groups excluding carboxylic acids is 5. The number of hydrogen-bond acceptors (Lipinski definition) is 34. The highest BCUT2D eigenvalue weighted by Crippen LogP contribution is 2.43. The minimum Gasteiger partial charge on any atom is -0.508 e. The summed E-state index contributed by atoms with van der Waals surface area (Å²) in [6.45, 7) is -4.45. The van der Waals surface area contributed by atoms with Gasteiger partial charge < -0.3 is 143 Å². The van der Waals surface area contributed by atoms with E-state index < -0.39 is 216 Å². The van der Waals surface area contributed by atoms with Gasteiger partial charge in [-0.1, -0.05) is 36.4 Å². The number of benzene rings is 3. The fourth-order valence-electron chi connectivity index (χ4n) is 10.5. The Hall–Kier alpha value is -6.95. The fourth-order valence-corrected chi connectivity index (χ4v) is 10.5. The Kier molecular flexibility index (Phi) is 25.3. The van der Waals surface area contributed by atoms with Gasteiger partial charge >= 0.3 is 29.8 Å². The average Bonchev–Trinajstić information content (AvgIpc) is 1.34. The lowest BCUT2D eigenvalue weighted by Crippen LogP contribution is -2.69. The lowest BCUT2D eigenvalue weighted by molar-refractivity contribution is -0.423. The lowest BCUT2D eigenvalue weighted by atomic mass is 9.95. The zero-order chi connectivity index (χ0) is 68.3. The molecule has 94 heavy (non-hydrogen) atoms. The van der Waals surface area contributed by atoms with Crippen LogP contribution >= 0.6 is 0 Å². The first kappa shape index (κ1) is 72.9. The number of ether oxygens (including phenoxy) is 15. The maximum absolute atomic E-state index is 14.4. The van der Waals surface area contributed by atoms with Gasteiger partial charge in [0.25, 0.3) is 0 Å². The Morgan fingerprint density at radius 1 is 0.500 bits per heavy atom. The van der Waals surface area contributed by atoms with Crippen molar-refractivity contribution in [3.05, 3.63) is 102 Å². The van der Waals surface area contributed by atoms with E-state index in [2.05, 4.69) is 0 Å². The molecule has 34 heteroatoms. The van der Waals surface area contributed by atoms with Gasteiger partial charge in [-0.15, -0.1) is 0 Å². The summed E-state index contributed by atoms with van der Waals surface area (Å²) < 4.78 is 89.0. The van der Waals surface area contributed by atoms with E-state index in [9.17, 15) is 95.5 Å². The summed E-state index contributed by atoms with van der Waals surface area (Å²) in [5.41, 5.74) is 0.420. The number of phenols is 2. The van der Waals surface area contributed by atoms with Crippen LogP contribution in [-0.2, 0) is 85.5 Å². The van der Waals surface area contributed by atoms with Gasteiger partial charge in [-0.25, -0.2) is 14.4 Å². The number of rotatable bonds is 25. The van der Waals surface area contributed by atoms with Gasteiger partial charge in [0.05, 0.1) is 32.5 Å². The van der Waals surface area contributed by atoms with Gasteiger partial charge in [0.1, 0.15) is 129 Å². The molecule has 5 aliphatic rings. The topological polar surface area (TPSA) is 507 Å². The van der Waals surface area contributed by atoms with E-state index in [0.717, 1.165) is 26.0 Å². The van der Waals surface area contributed by atoms with E-state index in [-0.39, 0.29) is 28.4 Å². The third-order valence-electron chi connectivity index (χ3n) is 15.5. The number of aliphatic hydroxyl groups is 12. The van der Waals surface area contributed by atoms with Crippen LogP contribution in [0.2, 0.25) is 0 Å². The monoisotopic (exact) mass is 1340 g/mol. The molecule has 0 amide bonds. The Morgan fingerprint density at radius 2 is 1.00 bits per heavy atom. The highest BCUT2D eigenvalue weighted by atomic mass is 16.8. The summed E-state index contributed by atoms with van der Waals surface area (Å²) >= 11 is 0. The molecule has 24 atom stereocenters. The molecule has 0 radical (unpaired) electrons. The summed E-state index contributed by atoms with van der Waals surface area (Å²) in [6.07, 6.45) is -45.4. The van der Waals surface area contributed by atoms with Crippen molar-refractivity contribution in [1.82, 2.24) is 0 Å². The van der Waals surface area contributed by atoms with E-state index in [0.29, 0.717) is 5.56 Å². The highest BCUT2D eigenvalue weighted by molar-refractivity contribution is 5.90. The summed E-state index contributed by atoms with van der Waals surface area (Å²) in [7, 11) is 1.25. The standard InChI is InChI=1S/C60H74O34/c1-26(64)81-23-37-50(89-56-47(76)44(73)41(70)34(20-61)84-56)46(75)49(78)58(86-37)90-52-51(88-40(69)18-13-29-11-16-32(67)33(19-29)80-3)38(24-82-27(2)65)87-59(53(52)91-57-48(77)45(74)42(71)35(21-62)85-57)94-60(25-83-39(68)17-12-28-9-14-31(66)15-10-28)54(43(72)36(22-63)93-60)92-55(79)30-7-5-4-6-8-30/h4-19,34-38,41-54,56-59,61-63,66-67,70-78H,20-25H2,1-3H3/b17-12-,18-13+/t34-,35-,36-,37-,38-,41-,42-,43-,44+,45+,46-,47-,48-,49-,50-,51-,52+,53-,54+,56+,57+,58+,59-,60+/m1/s1. The molecular weight excluding hydrogens is 1260 g/mol. The van der Waals surface area contributed by atoms with Gasteiger partial charge in [0.15, 0.2) is 48.9 Å². The smallest absolute Gasteiger partial charge is 0.338 e. The molecule has 3 aromatic rings. The van der Waals surface area contributed by atoms with Crippen LogP contribution in [0.25, 0.3) is 12.2 Å². The summed E-state index contributed by atoms with van der Waals surface area (Å²) in [5.74, 6) is -9.18. The van der Waals surface area contributed by atoms with Crippen molar-refractivity contribution < 1.29 is 167 Å². The van der Waals surface area contributed by atoms with E-state index in [4.69, 9.17) is 71.1 Å². The van der Waals surface area contributed by atoms with E-state index in [1.54, 1.807) is 6.07 Å². The molecule has 5 aliphatic heterocycles. The first-order chi connectivity index (χ1) is 44.8. The minimum atomic E-state index is -3.00. The summed E-state index contributed by atoms with van der Waals surface area (Å²) in [4.78, 5) is 67.5. The second-order valence-corrected chi connectivity index (χ2v) is 22.0. The molecule has 0 aliphatic carbocycles. The van der Waals surface area contributed by atoms with Crippen molar-refractivity contribution in [1.29, 1.82) is 0 Å². The number of esters is 5. The van der Waals surface area contributed by atoms with E-state index in [1.807, 2.05) is 0 Å². The van der Waals surface area contributed by atoms with Crippen molar-refractivity contribution in [2.24, 2.45) is 0 Å². The number of aromatic hydroxyl groups is 2. The SMILES string of the molecule is COc1cc(/C=C/C(=O)O[C@H]2[C@H](O[C@@H]3O[C@H](COC(C)=O)[C@@H](O[C@@H]4O[C@H](CO)[C@@H](O)[C@H](O)[C@H]4O)[C@H](O)[C@H]3O)[C@@H](O[C@@H]3O[C@H](CO)[C@@H](O)[C@H](O)[C@H]3O)[C@@H](O[C@]3(COC(=O)/C=C\c4ccc(O)cc4)O[C@H](CO)[C@@H](O)[C@@H]3OC(=O)c3ccccc3)O[C@@H]2COC(C)=O)ccc1O. The van der Waals surface area contributed by atoms with Gasteiger partial charge in [-0.05, 0) is 59.7 Å². The van der Waals surface area contributed by atoms with Crippen molar-refractivity contribution in [2.45, 2.75) is 161 Å². The first-order valence-electron chi connectivity index (χ1n) is 29.1. The summed E-state index contributed by atoms with van der Waals surface area (Å²) in [6, 6.07) is 16.4. The summed E-state index contributed by atoms with van der Waals surface area (Å²) in [5, 5.41) is 153. The Balaban J connectivity index is 1.29. The van der Waals surface area contributed by atoms with Crippen LogP contribution in [0.5, 0.6) is 17.2 Å². The normalized spacial score (nSPS) is 36.0. The molecule has 3 aromatic carbocycles. The van der Waals surface area contributed by atoms with Gasteiger partial charge in [-0.3, -0.25) is 9.59 Å². The van der Waals surface area contributed by atoms with Crippen molar-refractivity contribution in [2.75, 3.05) is 46.8 Å². The third-order valence-corrected chi connectivity index (χ3v) is 15.5. The quantitative estimate of drug-likeness (QED) is 0.0215. The second kappa shape index (κ2) is 32.7. The van der Waals surface area contributed by atoms with Crippen molar-refractivity contribution in [3.63, 3.8) is 0 Å².